The number of anilines is 1. The van der Waals surface area contributed by atoms with Gasteiger partial charge in [-0.15, -0.1) is 0 Å². The highest BCUT2D eigenvalue weighted by Gasteiger charge is 2.06. The van der Waals surface area contributed by atoms with Crippen molar-refractivity contribution >= 4 is 5.88 Å². The van der Waals surface area contributed by atoms with E-state index in [9.17, 15) is 8.78 Å². The molecule has 1 aromatic heterocycles. The molecule has 0 unspecified atom stereocenters. The van der Waals surface area contributed by atoms with Gasteiger partial charge >= 0.3 is 6.61 Å². The van der Waals surface area contributed by atoms with Crippen LogP contribution in [0.15, 0.2) is 34.9 Å². The Morgan fingerprint density at radius 1 is 1.25 bits per heavy atom. The third-order valence-corrected chi connectivity index (χ3v) is 1.90. The van der Waals surface area contributed by atoms with E-state index in [1.54, 1.807) is 18.2 Å². The summed E-state index contributed by atoms with van der Waals surface area (Å²) in [5, 5.41) is 3.69. The molecule has 6 heteroatoms. The van der Waals surface area contributed by atoms with Gasteiger partial charge in [0.05, 0.1) is 0 Å². The molecular weight excluding hydrogens is 218 g/mol. The molecule has 0 bridgehead atoms. The molecule has 0 spiro atoms. The second-order valence-corrected chi connectivity index (χ2v) is 3.02. The van der Waals surface area contributed by atoms with Gasteiger partial charge in [0, 0.05) is 11.6 Å². The van der Waals surface area contributed by atoms with Crippen LogP contribution >= 0.6 is 0 Å². The maximum atomic E-state index is 11.9. The molecule has 2 N–H and O–H groups in total. The van der Waals surface area contributed by atoms with Gasteiger partial charge in [-0.2, -0.15) is 8.78 Å². The van der Waals surface area contributed by atoms with Crippen molar-refractivity contribution in [1.82, 2.24) is 5.16 Å². The van der Waals surface area contributed by atoms with Crippen LogP contribution in [0.25, 0.3) is 11.3 Å². The summed E-state index contributed by atoms with van der Waals surface area (Å²) in [6, 6.07) is 7.58. The highest BCUT2D eigenvalue weighted by molar-refractivity contribution is 5.61. The molecule has 0 fully saturated rings. The molecule has 84 valence electrons. The number of hydrogen-bond acceptors (Lipinski definition) is 4. The van der Waals surface area contributed by atoms with E-state index in [-0.39, 0.29) is 11.6 Å². The Morgan fingerprint density at radius 3 is 2.44 bits per heavy atom. The summed E-state index contributed by atoms with van der Waals surface area (Å²) in [5.41, 5.74) is 6.61. The van der Waals surface area contributed by atoms with Gasteiger partial charge < -0.3 is 15.0 Å². The van der Waals surface area contributed by atoms with Crippen LogP contribution in [0.1, 0.15) is 0 Å². The summed E-state index contributed by atoms with van der Waals surface area (Å²) in [6.45, 7) is -2.83. The van der Waals surface area contributed by atoms with Gasteiger partial charge in [-0.1, -0.05) is 5.16 Å². The van der Waals surface area contributed by atoms with Crippen LogP contribution in [-0.4, -0.2) is 11.8 Å². The fraction of sp³-hybridized carbons (Fsp3) is 0.100. The topological polar surface area (TPSA) is 61.3 Å². The summed E-state index contributed by atoms with van der Waals surface area (Å²) in [6.07, 6.45) is 0. The van der Waals surface area contributed by atoms with Crippen LogP contribution in [0.4, 0.5) is 14.7 Å². The second kappa shape index (κ2) is 4.18. The summed E-state index contributed by atoms with van der Waals surface area (Å²) < 4.78 is 32.7. The number of aromatic nitrogens is 1. The van der Waals surface area contributed by atoms with E-state index in [1.165, 1.54) is 12.1 Å². The minimum atomic E-state index is -2.83. The van der Waals surface area contributed by atoms with Crippen molar-refractivity contribution in [3.05, 3.63) is 30.3 Å². The van der Waals surface area contributed by atoms with Crippen LogP contribution in [0, 0.1) is 0 Å². The molecule has 1 aromatic carbocycles. The van der Waals surface area contributed by atoms with Crippen molar-refractivity contribution in [2.45, 2.75) is 6.61 Å². The largest absolute Gasteiger partial charge is 0.435 e. The Hall–Kier alpha value is -2.11. The van der Waals surface area contributed by atoms with Gasteiger partial charge in [0.15, 0.2) is 0 Å². The van der Waals surface area contributed by atoms with Crippen LogP contribution in [-0.2, 0) is 0 Å². The zero-order chi connectivity index (χ0) is 11.5. The molecule has 0 saturated heterocycles. The molecule has 0 aliphatic heterocycles. The smallest absolute Gasteiger partial charge is 0.387 e. The summed E-state index contributed by atoms with van der Waals surface area (Å²) >= 11 is 0. The Bertz CT molecular complexity index is 468. The van der Waals surface area contributed by atoms with E-state index in [0.717, 1.165) is 0 Å². The molecular formula is C10H8F2N2O2. The van der Waals surface area contributed by atoms with Gasteiger partial charge in [-0.05, 0) is 24.3 Å². The maximum absolute atomic E-state index is 11.9. The summed E-state index contributed by atoms with van der Waals surface area (Å²) in [7, 11) is 0. The van der Waals surface area contributed by atoms with Gasteiger partial charge in [-0.25, -0.2) is 0 Å². The molecule has 4 nitrogen and oxygen atoms in total. The average Bonchev–Trinajstić information content (AvgIpc) is 2.65. The van der Waals surface area contributed by atoms with Crippen LogP contribution in [0.2, 0.25) is 0 Å². The van der Waals surface area contributed by atoms with E-state index in [2.05, 4.69) is 9.89 Å². The maximum Gasteiger partial charge on any atom is 0.387 e. The molecule has 0 saturated carbocycles. The first-order chi connectivity index (χ1) is 7.65. The minimum Gasteiger partial charge on any atom is -0.435 e. The number of ether oxygens (including phenoxy) is 1. The van der Waals surface area contributed by atoms with Crippen molar-refractivity contribution < 1.29 is 18.0 Å². The lowest BCUT2D eigenvalue weighted by atomic mass is 10.1. The zero-order valence-electron chi connectivity index (χ0n) is 8.06. The van der Waals surface area contributed by atoms with Crippen LogP contribution < -0.4 is 10.5 Å². The van der Waals surface area contributed by atoms with Crippen molar-refractivity contribution in [2.75, 3.05) is 5.73 Å². The summed E-state index contributed by atoms with van der Waals surface area (Å²) in [4.78, 5) is 0. The van der Waals surface area contributed by atoms with Crippen LogP contribution in [0.3, 0.4) is 0 Å². The molecule has 1 heterocycles. The Morgan fingerprint density at radius 2 is 1.94 bits per heavy atom. The number of nitrogen functional groups attached to an aromatic ring is 1. The standard InChI is InChI=1S/C10H8F2N2O2/c11-10(12)15-7-3-1-6(2-4-7)8-5-9(13)16-14-8/h1-5,10H,13H2. The Kier molecular flexibility index (Phi) is 2.72. The normalized spacial score (nSPS) is 10.7. The van der Waals surface area contributed by atoms with Crippen molar-refractivity contribution in [1.29, 1.82) is 0 Å². The lowest BCUT2D eigenvalue weighted by Gasteiger charge is -2.03. The predicted molar refractivity (Wildman–Crippen MR) is 53.0 cm³/mol. The predicted octanol–water partition coefficient (Wildman–Crippen LogP) is 2.53. The van der Waals surface area contributed by atoms with E-state index >= 15 is 0 Å². The number of rotatable bonds is 3. The van der Waals surface area contributed by atoms with Gasteiger partial charge in [0.1, 0.15) is 11.4 Å². The summed E-state index contributed by atoms with van der Waals surface area (Å²) in [5.74, 6) is 0.290. The van der Waals surface area contributed by atoms with Crippen molar-refractivity contribution in [2.24, 2.45) is 0 Å². The quantitative estimate of drug-likeness (QED) is 0.873. The number of nitrogens with two attached hydrogens (primary N) is 1. The lowest BCUT2D eigenvalue weighted by Crippen LogP contribution is -2.01. The first kappa shape index (κ1) is 10.4. The SMILES string of the molecule is Nc1cc(-c2ccc(OC(F)F)cc2)no1. The number of halogens is 2. The molecule has 0 aliphatic rings. The fourth-order valence-corrected chi connectivity index (χ4v) is 1.23. The highest BCUT2D eigenvalue weighted by Crippen LogP contribution is 2.23. The average molecular weight is 226 g/mol. The molecule has 0 amide bonds. The number of benzene rings is 1. The highest BCUT2D eigenvalue weighted by atomic mass is 19.3. The minimum absolute atomic E-state index is 0.0928. The third kappa shape index (κ3) is 2.28. The lowest BCUT2D eigenvalue weighted by molar-refractivity contribution is -0.0498. The van der Waals surface area contributed by atoms with Gasteiger partial charge in [-0.3, -0.25) is 0 Å². The first-order valence-corrected chi connectivity index (χ1v) is 4.42. The molecule has 2 rings (SSSR count). The molecule has 16 heavy (non-hydrogen) atoms. The van der Waals surface area contributed by atoms with E-state index in [1.807, 2.05) is 0 Å². The molecule has 0 atom stereocenters. The van der Waals surface area contributed by atoms with E-state index in [4.69, 9.17) is 10.3 Å². The van der Waals surface area contributed by atoms with Gasteiger partial charge in [0.2, 0.25) is 5.88 Å². The number of nitrogens with zero attached hydrogens (tertiary/aromatic N) is 1. The first-order valence-electron chi connectivity index (χ1n) is 4.42. The monoisotopic (exact) mass is 226 g/mol. The Labute approximate surface area is 89.6 Å². The Balaban J connectivity index is 2.19. The second-order valence-electron chi connectivity index (χ2n) is 3.02. The zero-order valence-corrected chi connectivity index (χ0v) is 8.06. The van der Waals surface area contributed by atoms with E-state index < -0.39 is 6.61 Å². The number of hydrogen-bond donors (Lipinski definition) is 1. The number of alkyl halides is 2. The molecule has 0 radical (unpaired) electrons. The van der Waals surface area contributed by atoms with E-state index in [0.29, 0.717) is 11.3 Å². The third-order valence-electron chi connectivity index (χ3n) is 1.90. The van der Waals surface area contributed by atoms with Crippen molar-refractivity contribution in [3.63, 3.8) is 0 Å². The molecule has 2 aromatic rings. The molecule has 0 aliphatic carbocycles. The van der Waals surface area contributed by atoms with Gasteiger partial charge in [0.25, 0.3) is 0 Å². The van der Waals surface area contributed by atoms with Crippen molar-refractivity contribution in [3.8, 4) is 17.0 Å². The van der Waals surface area contributed by atoms with Crippen LogP contribution in [0.5, 0.6) is 5.75 Å². The fourth-order valence-electron chi connectivity index (χ4n) is 1.23.